The minimum atomic E-state index is -3.49. The Hall–Kier alpha value is -1.67. The van der Waals surface area contributed by atoms with Crippen LogP contribution in [0, 0.1) is 0 Å². The van der Waals surface area contributed by atoms with Crippen molar-refractivity contribution in [2.75, 3.05) is 37.4 Å². The lowest BCUT2D eigenvalue weighted by Crippen LogP contribution is -2.39. The molecule has 2 aromatic carbocycles. The van der Waals surface area contributed by atoms with E-state index in [0.717, 1.165) is 25.1 Å². The molecular formula is C23H32Cl2N2O4S. The summed E-state index contributed by atoms with van der Waals surface area (Å²) in [7, 11) is -0.247. The second-order valence-corrected chi connectivity index (χ2v) is 10.5. The van der Waals surface area contributed by atoms with Crippen molar-refractivity contribution in [1.29, 1.82) is 0 Å². The molecule has 0 aliphatic carbocycles. The second-order valence-electron chi connectivity index (χ2n) is 7.70. The summed E-state index contributed by atoms with van der Waals surface area (Å²) < 4.78 is 37.9. The quantitative estimate of drug-likeness (QED) is 0.382. The number of sulfonamides is 1. The van der Waals surface area contributed by atoms with Crippen LogP contribution >= 0.6 is 23.2 Å². The van der Waals surface area contributed by atoms with Gasteiger partial charge in [-0.15, -0.1) is 0 Å². The number of hydrogen-bond acceptors (Lipinski definition) is 5. The molecule has 2 rings (SSSR count). The van der Waals surface area contributed by atoms with E-state index in [-0.39, 0.29) is 11.8 Å². The molecule has 0 aliphatic rings. The standard InChI is InChI=1S/C23H32Cl2N2O4S/c1-17(2)27(19-9-10-20(24)21(25)16-19)32(28,29)14-6-13-26-12-5-7-18-8-11-22(30-3)23(15-18)31-4/h8-11,15-17,26H,5-7,12-14H2,1-4H3. The summed E-state index contributed by atoms with van der Waals surface area (Å²) in [5, 5.41) is 4.06. The van der Waals surface area contributed by atoms with Gasteiger partial charge in [-0.05, 0) is 82.1 Å². The van der Waals surface area contributed by atoms with Crippen LogP contribution in [0.4, 0.5) is 5.69 Å². The van der Waals surface area contributed by atoms with E-state index in [1.54, 1.807) is 32.4 Å². The number of benzene rings is 2. The zero-order valence-electron chi connectivity index (χ0n) is 19.0. The minimum absolute atomic E-state index is 0.0497. The van der Waals surface area contributed by atoms with E-state index < -0.39 is 10.0 Å². The fourth-order valence-electron chi connectivity index (χ4n) is 3.46. The lowest BCUT2D eigenvalue weighted by Gasteiger charge is -2.28. The van der Waals surface area contributed by atoms with Gasteiger partial charge in [-0.25, -0.2) is 8.42 Å². The molecule has 0 atom stereocenters. The van der Waals surface area contributed by atoms with Gasteiger partial charge < -0.3 is 14.8 Å². The van der Waals surface area contributed by atoms with Crippen LogP contribution in [0.2, 0.25) is 10.0 Å². The van der Waals surface area contributed by atoms with Gasteiger partial charge >= 0.3 is 0 Å². The maximum Gasteiger partial charge on any atom is 0.235 e. The molecule has 178 valence electrons. The zero-order valence-corrected chi connectivity index (χ0v) is 21.4. The molecular weight excluding hydrogens is 471 g/mol. The largest absolute Gasteiger partial charge is 0.493 e. The zero-order chi connectivity index (χ0) is 23.7. The summed E-state index contributed by atoms with van der Waals surface area (Å²) in [5.41, 5.74) is 1.69. The molecule has 0 spiro atoms. The number of nitrogens with one attached hydrogen (secondary N) is 1. The molecule has 0 saturated heterocycles. The Balaban J connectivity index is 1.80. The van der Waals surface area contributed by atoms with Crippen molar-refractivity contribution in [3.63, 3.8) is 0 Å². The highest BCUT2D eigenvalue weighted by Gasteiger charge is 2.25. The Morgan fingerprint density at radius 1 is 0.938 bits per heavy atom. The molecule has 1 N–H and O–H groups in total. The molecule has 32 heavy (non-hydrogen) atoms. The van der Waals surface area contributed by atoms with Crippen LogP contribution < -0.4 is 19.1 Å². The molecule has 0 amide bonds. The highest BCUT2D eigenvalue weighted by Crippen LogP contribution is 2.30. The summed E-state index contributed by atoms with van der Waals surface area (Å²) >= 11 is 12.1. The van der Waals surface area contributed by atoms with Crippen molar-refractivity contribution in [3.8, 4) is 11.5 Å². The van der Waals surface area contributed by atoms with E-state index in [0.29, 0.717) is 34.4 Å². The molecule has 0 saturated carbocycles. The third-order valence-electron chi connectivity index (χ3n) is 4.95. The second kappa shape index (κ2) is 12.5. The van der Waals surface area contributed by atoms with E-state index in [2.05, 4.69) is 5.32 Å². The first-order valence-corrected chi connectivity index (χ1v) is 12.9. The highest BCUT2D eigenvalue weighted by atomic mass is 35.5. The smallest absolute Gasteiger partial charge is 0.235 e. The first-order valence-electron chi connectivity index (χ1n) is 10.6. The number of hydrogen-bond donors (Lipinski definition) is 1. The van der Waals surface area contributed by atoms with Crippen LogP contribution in [-0.4, -0.2) is 47.5 Å². The van der Waals surface area contributed by atoms with Crippen molar-refractivity contribution in [2.45, 2.75) is 39.2 Å². The van der Waals surface area contributed by atoms with Gasteiger partial charge in [0.15, 0.2) is 11.5 Å². The van der Waals surface area contributed by atoms with Crippen LogP contribution in [0.25, 0.3) is 0 Å². The van der Waals surface area contributed by atoms with Gasteiger partial charge in [0.25, 0.3) is 0 Å². The molecule has 0 aromatic heterocycles. The number of aryl methyl sites for hydroxylation is 1. The van der Waals surface area contributed by atoms with Crippen LogP contribution in [0.5, 0.6) is 11.5 Å². The van der Waals surface area contributed by atoms with E-state index in [4.69, 9.17) is 32.7 Å². The van der Waals surface area contributed by atoms with Gasteiger partial charge in [0, 0.05) is 6.04 Å². The molecule has 9 heteroatoms. The van der Waals surface area contributed by atoms with Crippen LogP contribution in [-0.2, 0) is 16.4 Å². The molecule has 0 heterocycles. The normalized spacial score (nSPS) is 11.6. The van der Waals surface area contributed by atoms with Crippen molar-refractivity contribution in [1.82, 2.24) is 5.32 Å². The van der Waals surface area contributed by atoms with Gasteiger partial charge in [0.1, 0.15) is 0 Å². The first-order chi connectivity index (χ1) is 15.2. The molecule has 6 nitrogen and oxygen atoms in total. The van der Waals surface area contributed by atoms with Crippen LogP contribution in [0.3, 0.4) is 0 Å². The van der Waals surface area contributed by atoms with Crippen LogP contribution in [0.15, 0.2) is 36.4 Å². The summed E-state index contributed by atoms with van der Waals surface area (Å²) in [6.07, 6.45) is 2.34. The Labute approximate surface area is 201 Å². The van der Waals surface area contributed by atoms with Crippen molar-refractivity contribution in [3.05, 3.63) is 52.0 Å². The Bertz CT molecular complexity index is 984. The lowest BCUT2D eigenvalue weighted by atomic mass is 10.1. The molecule has 0 aliphatic heterocycles. The monoisotopic (exact) mass is 502 g/mol. The fraction of sp³-hybridized carbons (Fsp3) is 0.478. The number of methoxy groups -OCH3 is 2. The van der Waals surface area contributed by atoms with E-state index >= 15 is 0 Å². The summed E-state index contributed by atoms with van der Waals surface area (Å²) in [4.78, 5) is 0. The first kappa shape index (κ1) is 26.6. The Kier molecular flexibility index (Phi) is 10.4. The predicted octanol–water partition coefficient (Wildman–Crippen LogP) is 5.17. The predicted molar refractivity (Wildman–Crippen MR) is 133 cm³/mol. The van der Waals surface area contributed by atoms with Crippen molar-refractivity contribution in [2.24, 2.45) is 0 Å². The third kappa shape index (κ3) is 7.44. The molecule has 2 aromatic rings. The molecule has 0 bridgehead atoms. The van der Waals surface area contributed by atoms with Crippen molar-refractivity contribution >= 4 is 38.9 Å². The topological polar surface area (TPSA) is 67.9 Å². The summed E-state index contributed by atoms with van der Waals surface area (Å²) in [6, 6.07) is 10.6. The van der Waals surface area contributed by atoms with E-state index in [1.165, 1.54) is 9.87 Å². The average Bonchev–Trinajstić information content (AvgIpc) is 2.75. The molecule has 0 radical (unpaired) electrons. The van der Waals surface area contributed by atoms with Crippen LogP contribution in [0.1, 0.15) is 32.3 Å². The SMILES string of the molecule is COc1ccc(CCCNCCCS(=O)(=O)N(c2ccc(Cl)c(Cl)c2)C(C)C)cc1OC. The van der Waals surface area contributed by atoms with Gasteiger partial charge in [0.2, 0.25) is 10.0 Å². The molecule has 0 fully saturated rings. The van der Waals surface area contributed by atoms with Gasteiger partial charge in [-0.1, -0.05) is 29.3 Å². The number of halogens is 2. The van der Waals surface area contributed by atoms with Gasteiger partial charge in [-0.3, -0.25) is 4.31 Å². The maximum absolute atomic E-state index is 13.0. The van der Waals surface area contributed by atoms with E-state index in [1.807, 2.05) is 32.0 Å². The highest BCUT2D eigenvalue weighted by molar-refractivity contribution is 7.92. The number of rotatable bonds is 13. The Morgan fingerprint density at radius 3 is 2.25 bits per heavy atom. The average molecular weight is 503 g/mol. The number of nitrogens with zero attached hydrogens (tertiary/aromatic N) is 1. The fourth-order valence-corrected chi connectivity index (χ4v) is 5.53. The van der Waals surface area contributed by atoms with Gasteiger partial charge in [0.05, 0.1) is 35.7 Å². The summed E-state index contributed by atoms with van der Waals surface area (Å²) in [6.45, 7) is 5.10. The maximum atomic E-state index is 13.0. The molecule has 0 unspecified atom stereocenters. The lowest BCUT2D eigenvalue weighted by molar-refractivity contribution is 0.354. The number of ether oxygens (including phenoxy) is 2. The Morgan fingerprint density at radius 2 is 1.62 bits per heavy atom. The van der Waals surface area contributed by atoms with Crippen molar-refractivity contribution < 1.29 is 17.9 Å². The number of anilines is 1. The minimum Gasteiger partial charge on any atom is -0.493 e. The van der Waals surface area contributed by atoms with E-state index in [9.17, 15) is 8.42 Å². The summed E-state index contributed by atoms with van der Waals surface area (Å²) in [5.74, 6) is 1.49. The third-order valence-corrected chi connectivity index (χ3v) is 7.72. The van der Waals surface area contributed by atoms with Gasteiger partial charge in [-0.2, -0.15) is 0 Å².